The monoisotopic (exact) mass is 488 g/mol. The first kappa shape index (κ1) is 23.4. The van der Waals surface area contributed by atoms with Gasteiger partial charge in [-0.2, -0.15) is 0 Å². The lowest BCUT2D eigenvalue weighted by Crippen LogP contribution is -2.37. The van der Waals surface area contributed by atoms with Crippen LogP contribution in [0.25, 0.3) is 10.9 Å². The number of benzene rings is 3. The van der Waals surface area contributed by atoms with E-state index in [2.05, 4.69) is 20.8 Å². The summed E-state index contributed by atoms with van der Waals surface area (Å²) in [6.45, 7) is 1.93. The van der Waals surface area contributed by atoms with Gasteiger partial charge in [-0.05, 0) is 36.8 Å². The minimum atomic E-state index is -0.641. The third kappa shape index (κ3) is 4.87. The highest BCUT2D eigenvalue weighted by Crippen LogP contribution is 2.37. The summed E-state index contributed by atoms with van der Waals surface area (Å²) >= 11 is 0. The fraction of sp³-hybridized carbons (Fsp3) is 0.185. The van der Waals surface area contributed by atoms with Crippen molar-refractivity contribution in [2.75, 3.05) is 19.5 Å². The summed E-state index contributed by atoms with van der Waals surface area (Å²) in [6, 6.07) is 19.9. The largest absolute Gasteiger partial charge is 0.493 e. The van der Waals surface area contributed by atoms with E-state index in [9.17, 15) is 4.39 Å². The number of aliphatic imine (C=N–C) groups is 1. The number of amidine groups is 1. The van der Waals surface area contributed by atoms with E-state index >= 15 is 0 Å². The molecule has 0 radical (unpaired) electrons. The molecule has 1 unspecified atom stereocenters. The second-order valence-corrected chi connectivity index (χ2v) is 8.46. The summed E-state index contributed by atoms with van der Waals surface area (Å²) in [7, 11) is 3.10. The predicted octanol–water partition coefficient (Wildman–Crippen LogP) is 5.45. The second-order valence-electron chi connectivity index (χ2n) is 8.46. The molecule has 4 aromatic rings. The molecule has 5 rings (SSSR count). The van der Waals surface area contributed by atoms with Crippen LogP contribution in [0, 0.1) is 5.82 Å². The Bertz CT molecular complexity index is 1430. The molecule has 2 heterocycles. The first-order chi connectivity index (χ1) is 17.5. The van der Waals surface area contributed by atoms with Crippen LogP contribution in [0.3, 0.4) is 0 Å². The number of halogens is 1. The van der Waals surface area contributed by atoms with Gasteiger partial charge in [0.2, 0.25) is 0 Å². The van der Waals surface area contributed by atoms with E-state index < -0.39 is 11.5 Å². The van der Waals surface area contributed by atoms with Gasteiger partial charge in [-0.3, -0.25) is 4.98 Å². The van der Waals surface area contributed by atoms with Gasteiger partial charge >= 0.3 is 6.02 Å². The topological polar surface area (TPSA) is 86.2 Å². The van der Waals surface area contributed by atoms with Gasteiger partial charge in [-0.25, -0.2) is 9.38 Å². The van der Waals surface area contributed by atoms with E-state index in [-0.39, 0.29) is 11.8 Å². The number of anilines is 1. The number of hydrogen-bond acceptors (Lipinski definition) is 8. The van der Waals surface area contributed by atoms with Crippen molar-refractivity contribution in [2.45, 2.75) is 19.0 Å². The van der Waals surface area contributed by atoms with E-state index in [4.69, 9.17) is 19.0 Å². The fourth-order valence-corrected chi connectivity index (χ4v) is 3.99. The summed E-state index contributed by atoms with van der Waals surface area (Å²) in [5.41, 5.74) is 4.51. The third-order valence-corrected chi connectivity index (χ3v) is 5.72. The van der Waals surface area contributed by atoms with Crippen molar-refractivity contribution in [1.82, 2.24) is 10.5 Å². The maximum absolute atomic E-state index is 15.0. The highest BCUT2D eigenvalue weighted by molar-refractivity contribution is 5.90. The fourth-order valence-electron chi connectivity index (χ4n) is 3.99. The molecule has 0 amide bonds. The Balaban J connectivity index is 1.33. The van der Waals surface area contributed by atoms with Crippen molar-refractivity contribution >= 4 is 22.6 Å². The number of nitrogens with zero attached hydrogens (tertiary/aromatic N) is 2. The highest BCUT2D eigenvalue weighted by Gasteiger charge is 2.32. The van der Waals surface area contributed by atoms with Crippen LogP contribution in [-0.4, -0.2) is 30.9 Å². The molecule has 9 heteroatoms. The second kappa shape index (κ2) is 9.71. The third-order valence-electron chi connectivity index (χ3n) is 5.72. The smallest absolute Gasteiger partial charge is 0.311 e. The van der Waals surface area contributed by atoms with Crippen LogP contribution in [0.4, 0.5) is 10.1 Å². The van der Waals surface area contributed by atoms with Crippen LogP contribution in [-0.2, 0) is 11.3 Å². The molecule has 0 spiro atoms. The number of nitrogens with one attached hydrogen (secondary N) is 2. The molecule has 8 nitrogen and oxygen atoms in total. The van der Waals surface area contributed by atoms with Gasteiger partial charge in [0, 0.05) is 35.8 Å². The number of ether oxygens (including phenoxy) is 3. The number of hydrogen-bond donors (Lipinski definition) is 2. The van der Waals surface area contributed by atoms with E-state index in [1.165, 1.54) is 12.1 Å². The Morgan fingerprint density at radius 3 is 2.47 bits per heavy atom. The zero-order chi connectivity index (χ0) is 25.1. The lowest BCUT2D eigenvalue weighted by molar-refractivity contribution is 0.128. The van der Waals surface area contributed by atoms with Gasteiger partial charge in [0.1, 0.15) is 11.4 Å². The van der Waals surface area contributed by atoms with Gasteiger partial charge in [-0.15, -0.1) is 5.48 Å². The summed E-state index contributed by atoms with van der Waals surface area (Å²) in [5.74, 6) is 1.01. The van der Waals surface area contributed by atoms with E-state index in [1.807, 2.05) is 37.3 Å². The van der Waals surface area contributed by atoms with Crippen LogP contribution in [0.5, 0.6) is 23.0 Å². The molecule has 0 bridgehead atoms. The number of pyridine rings is 1. The number of methoxy groups -OCH3 is 2. The molecule has 0 saturated carbocycles. The lowest BCUT2D eigenvalue weighted by atomic mass is 10.0. The maximum atomic E-state index is 15.0. The molecule has 2 N–H and O–H groups in total. The quantitative estimate of drug-likeness (QED) is 0.358. The van der Waals surface area contributed by atoms with E-state index in [0.717, 1.165) is 5.56 Å². The molecule has 1 aliphatic rings. The normalized spacial score (nSPS) is 16.8. The zero-order valence-electron chi connectivity index (χ0n) is 20.0. The van der Waals surface area contributed by atoms with Crippen molar-refractivity contribution in [3.63, 3.8) is 0 Å². The SMILES string of the molecule is COc1cc2nccc(Oc3ccc(NC4=NC(C)(Cc5ccccc5)NO4)cc3F)c2cc1OC. The van der Waals surface area contributed by atoms with E-state index in [0.29, 0.717) is 40.3 Å². The first-order valence-electron chi connectivity index (χ1n) is 11.3. The van der Waals surface area contributed by atoms with Crippen LogP contribution < -0.4 is 25.0 Å². The summed E-state index contributed by atoms with van der Waals surface area (Å²) in [4.78, 5) is 14.4. The van der Waals surface area contributed by atoms with Gasteiger partial charge in [0.25, 0.3) is 0 Å². The average Bonchev–Trinajstić information content (AvgIpc) is 3.25. The minimum absolute atomic E-state index is 0.0594. The molecular weight excluding hydrogens is 463 g/mol. The first-order valence-corrected chi connectivity index (χ1v) is 11.3. The van der Waals surface area contributed by atoms with Crippen LogP contribution in [0.15, 0.2) is 77.9 Å². The maximum Gasteiger partial charge on any atom is 0.311 e. The molecule has 36 heavy (non-hydrogen) atoms. The lowest BCUT2D eigenvalue weighted by Gasteiger charge is -2.18. The van der Waals surface area contributed by atoms with Crippen molar-refractivity contribution < 1.29 is 23.4 Å². The van der Waals surface area contributed by atoms with Crippen molar-refractivity contribution in [2.24, 2.45) is 4.99 Å². The summed E-state index contributed by atoms with van der Waals surface area (Å²) in [5, 5.41) is 3.66. The molecule has 0 fully saturated rings. The number of hydroxylamine groups is 1. The van der Waals surface area contributed by atoms with Gasteiger partial charge in [0.15, 0.2) is 23.1 Å². The molecule has 0 saturated heterocycles. The Labute approximate surface area is 207 Å². The Morgan fingerprint density at radius 2 is 1.72 bits per heavy atom. The number of rotatable bonds is 7. The molecule has 1 aromatic heterocycles. The van der Waals surface area contributed by atoms with Crippen molar-refractivity contribution in [1.29, 1.82) is 0 Å². The van der Waals surface area contributed by atoms with Gasteiger partial charge < -0.3 is 24.4 Å². The summed E-state index contributed by atoms with van der Waals surface area (Å²) < 4.78 is 31.6. The van der Waals surface area contributed by atoms with Crippen molar-refractivity contribution in [3.05, 3.63) is 84.3 Å². The Kier molecular flexibility index (Phi) is 6.30. The standard InChI is InChI=1S/C27H25FN4O4/c1-27(16-17-7-5-4-6-8-17)31-26(36-32-27)30-18-9-10-23(20(28)13-18)35-22-11-12-29-21-15-25(34-3)24(33-2)14-19(21)22/h4-15,32H,16H2,1-3H3,(H,30,31). The van der Waals surface area contributed by atoms with Crippen LogP contribution >= 0.6 is 0 Å². The van der Waals surface area contributed by atoms with Crippen LogP contribution in [0.1, 0.15) is 12.5 Å². The highest BCUT2D eigenvalue weighted by atomic mass is 19.1. The molecule has 1 atom stereocenters. The molecule has 3 aromatic carbocycles. The number of aromatic nitrogens is 1. The van der Waals surface area contributed by atoms with Crippen LogP contribution in [0.2, 0.25) is 0 Å². The summed E-state index contributed by atoms with van der Waals surface area (Å²) in [6.07, 6.45) is 2.23. The predicted molar refractivity (Wildman–Crippen MR) is 135 cm³/mol. The molecule has 0 aliphatic carbocycles. The molecular formula is C27H25FN4O4. The zero-order valence-corrected chi connectivity index (χ0v) is 20.0. The minimum Gasteiger partial charge on any atom is -0.493 e. The number of fused-ring (bicyclic) bond motifs is 1. The average molecular weight is 489 g/mol. The van der Waals surface area contributed by atoms with E-state index in [1.54, 1.807) is 44.7 Å². The molecule has 1 aliphatic heterocycles. The van der Waals surface area contributed by atoms with Crippen molar-refractivity contribution in [3.8, 4) is 23.0 Å². The Morgan fingerprint density at radius 1 is 0.944 bits per heavy atom. The van der Waals surface area contributed by atoms with Gasteiger partial charge in [-0.1, -0.05) is 30.3 Å². The van der Waals surface area contributed by atoms with Gasteiger partial charge in [0.05, 0.1) is 19.7 Å². The molecule has 184 valence electrons. The Hall–Kier alpha value is -4.37.